The Morgan fingerprint density at radius 1 is 1.00 bits per heavy atom. The zero-order valence-corrected chi connectivity index (χ0v) is 29.3. The number of imide groups is 2. The van der Waals surface area contributed by atoms with Gasteiger partial charge >= 0.3 is 23.8 Å². The van der Waals surface area contributed by atoms with Crippen LogP contribution in [0.1, 0.15) is 53.5 Å². The molecule has 16 nitrogen and oxygen atoms in total. The van der Waals surface area contributed by atoms with E-state index >= 15 is 0 Å². The molecule has 0 spiro atoms. The molecule has 0 unspecified atom stereocenters. The first kappa shape index (κ1) is 38.7. The Labute approximate surface area is 285 Å². The van der Waals surface area contributed by atoms with Crippen molar-refractivity contribution in [2.24, 2.45) is 0 Å². The fraction of sp³-hybridized carbons (Fsp3) is 0.387. The number of hydrogen-bond donors (Lipinski definition) is 1. The molecule has 1 saturated heterocycles. The topological polar surface area (TPSA) is 217 Å². The third-order valence-corrected chi connectivity index (χ3v) is 13.8. The van der Waals surface area contributed by atoms with Crippen molar-refractivity contribution in [3.63, 3.8) is 0 Å². The summed E-state index contributed by atoms with van der Waals surface area (Å²) >= 11 is 0.604. The second-order valence-electron chi connectivity index (χ2n) is 12.3. The molecule has 49 heavy (non-hydrogen) atoms. The molecule has 262 valence electrons. The van der Waals surface area contributed by atoms with Crippen LogP contribution in [0.5, 0.6) is 0 Å². The number of non-ortho nitro benzene ring substituents is 1. The van der Waals surface area contributed by atoms with Gasteiger partial charge in [0.05, 0.1) is 18.1 Å². The molecule has 2 aromatic carbocycles. The average Bonchev–Trinajstić information content (AvgIpc) is 3.05. The maximum Gasteiger partial charge on any atom is 0.400 e. The molecular formula is C31H35N3O13SSi. The Hall–Kier alpha value is -4.78. The second kappa shape index (κ2) is 15.6. The predicted octanol–water partition coefficient (Wildman–Crippen LogP) is 3.34. The molecule has 0 saturated carbocycles. The summed E-state index contributed by atoms with van der Waals surface area (Å²) < 4.78 is 11.0. The van der Waals surface area contributed by atoms with Crippen LogP contribution in [0, 0.1) is 10.1 Å². The predicted molar refractivity (Wildman–Crippen MR) is 174 cm³/mol. The minimum atomic E-state index is -2.20. The van der Waals surface area contributed by atoms with Crippen LogP contribution in [0.25, 0.3) is 0 Å². The first-order valence-electron chi connectivity index (χ1n) is 14.7. The Kier molecular flexibility index (Phi) is 12.3. The summed E-state index contributed by atoms with van der Waals surface area (Å²) in [6, 6.07) is 8.98. The van der Waals surface area contributed by atoms with Crippen molar-refractivity contribution in [1.82, 2.24) is 9.96 Å². The van der Waals surface area contributed by atoms with Crippen LogP contribution in [0.15, 0.2) is 48.5 Å². The number of aliphatic carboxylic acids is 1. The number of esters is 1. The van der Waals surface area contributed by atoms with Gasteiger partial charge in [0.15, 0.2) is 8.32 Å². The summed E-state index contributed by atoms with van der Waals surface area (Å²) in [5, 5.41) is 18.4. The number of nitro benzene ring substituents is 1. The highest BCUT2D eigenvalue weighted by molar-refractivity contribution is 8.15. The van der Waals surface area contributed by atoms with Gasteiger partial charge in [-0.1, -0.05) is 32.5 Å². The molecule has 0 aromatic heterocycles. The lowest BCUT2D eigenvalue weighted by Crippen LogP contribution is -2.67. The monoisotopic (exact) mass is 717 g/mol. The van der Waals surface area contributed by atoms with E-state index in [0.29, 0.717) is 22.2 Å². The van der Waals surface area contributed by atoms with Gasteiger partial charge in [-0.25, -0.2) is 9.59 Å². The molecule has 0 radical (unpaired) electrons. The lowest BCUT2D eigenvalue weighted by Gasteiger charge is -2.44. The highest BCUT2D eigenvalue weighted by atomic mass is 32.2. The number of amides is 4. The summed E-state index contributed by atoms with van der Waals surface area (Å²) in [5.74, 6) is -8.00. The van der Waals surface area contributed by atoms with Crippen LogP contribution in [-0.4, -0.2) is 94.0 Å². The fourth-order valence-electron chi connectivity index (χ4n) is 4.25. The van der Waals surface area contributed by atoms with Gasteiger partial charge in [0.25, 0.3) is 11.6 Å². The van der Waals surface area contributed by atoms with Crippen LogP contribution in [0.2, 0.25) is 18.1 Å². The summed E-state index contributed by atoms with van der Waals surface area (Å²) in [6.45, 7) is 9.86. The summed E-state index contributed by atoms with van der Waals surface area (Å²) in [4.78, 5) is 103. The summed E-state index contributed by atoms with van der Waals surface area (Å²) in [6.07, 6.45) is 0.118. The van der Waals surface area contributed by atoms with Crippen molar-refractivity contribution >= 4 is 66.4 Å². The van der Waals surface area contributed by atoms with Crippen molar-refractivity contribution in [1.29, 1.82) is 0 Å². The first-order valence-corrected chi connectivity index (χ1v) is 18.5. The number of carboxylic acids is 1. The van der Waals surface area contributed by atoms with Crippen LogP contribution in [0.3, 0.4) is 0 Å². The molecule has 4 amide bonds. The van der Waals surface area contributed by atoms with Gasteiger partial charge in [-0.2, -0.15) is 0 Å². The van der Waals surface area contributed by atoms with E-state index in [1.807, 2.05) is 33.9 Å². The normalized spacial score (nSPS) is 16.0. The number of hydroxylamine groups is 2. The van der Waals surface area contributed by atoms with Gasteiger partial charge in [-0.15, -0.1) is 5.06 Å². The molecular weight excluding hydrogens is 683 g/mol. The molecule has 2 atom stereocenters. The number of likely N-dealkylation sites (tertiary alicyclic amines) is 1. The zero-order valence-electron chi connectivity index (χ0n) is 27.5. The van der Waals surface area contributed by atoms with Crippen molar-refractivity contribution in [3.8, 4) is 0 Å². The van der Waals surface area contributed by atoms with E-state index in [2.05, 4.69) is 0 Å². The Balaban J connectivity index is 1.65. The van der Waals surface area contributed by atoms with Crippen molar-refractivity contribution in [2.75, 3.05) is 13.7 Å². The molecule has 0 aliphatic carbocycles. The number of β-lactam (4-membered cyclic amide) rings is 1. The standard InChI is InChI=1S/C31H35N3O13SSi/c1-31(2,3)49(5,6)47-16-15-22-23(25(36)32(22)26(37)28(39)40)48-30(42)20-11-9-19(10-12-20)24(35)33(45-4)27(38)29(41)46-17-18-7-13-21(14-8-18)34(43)44/h7-14,22-23H,15-17H2,1-6H3,(H,39,40)/t22-,23+/m1/s1. The van der Waals surface area contributed by atoms with E-state index in [1.54, 1.807) is 0 Å². The number of carbonyl (C=O) groups is 7. The smallest absolute Gasteiger partial charge is 0.400 e. The molecule has 1 heterocycles. The maximum absolute atomic E-state index is 13.1. The highest BCUT2D eigenvalue weighted by Gasteiger charge is 2.53. The van der Waals surface area contributed by atoms with E-state index in [4.69, 9.17) is 14.0 Å². The van der Waals surface area contributed by atoms with E-state index in [9.17, 15) is 48.8 Å². The van der Waals surface area contributed by atoms with Crippen molar-refractivity contribution in [3.05, 3.63) is 75.3 Å². The molecule has 0 bridgehead atoms. The van der Waals surface area contributed by atoms with Crippen LogP contribution in [0.4, 0.5) is 5.69 Å². The van der Waals surface area contributed by atoms with Gasteiger partial charge in [0.1, 0.15) is 11.9 Å². The summed E-state index contributed by atoms with van der Waals surface area (Å²) in [7, 11) is -1.23. The number of hydrogen-bond acceptors (Lipinski definition) is 13. The van der Waals surface area contributed by atoms with E-state index in [1.165, 1.54) is 48.5 Å². The lowest BCUT2D eigenvalue weighted by atomic mass is 9.98. The van der Waals surface area contributed by atoms with Gasteiger partial charge < -0.3 is 14.3 Å². The Morgan fingerprint density at radius 2 is 1.57 bits per heavy atom. The summed E-state index contributed by atoms with van der Waals surface area (Å²) in [5.41, 5.74) is 0.0524. The Morgan fingerprint density at radius 3 is 2.08 bits per heavy atom. The molecule has 2 aromatic rings. The highest BCUT2D eigenvalue weighted by Crippen LogP contribution is 2.38. The van der Waals surface area contributed by atoms with E-state index in [0.717, 1.165) is 7.11 Å². The largest absolute Gasteiger partial charge is 0.474 e. The zero-order chi connectivity index (χ0) is 36.8. The fourth-order valence-corrected chi connectivity index (χ4v) is 6.44. The number of ether oxygens (including phenoxy) is 1. The number of carbonyl (C=O) groups excluding carboxylic acids is 6. The molecule has 18 heteroatoms. The van der Waals surface area contributed by atoms with Gasteiger partial charge in [0, 0.05) is 29.9 Å². The van der Waals surface area contributed by atoms with Crippen LogP contribution >= 0.6 is 11.8 Å². The molecule has 1 aliphatic heterocycles. The quantitative estimate of drug-likeness (QED) is 0.0881. The minimum Gasteiger partial charge on any atom is -0.474 e. The number of nitro groups is 1. The molecule has 1 aliphatic rings. The first-order chi connectivity index (χ1) is 22.8. The van der Waals surface area contributed by atoms with Crippen molar-refractivity contribution in [2.45, 2.75) is 63.2 Å². The average molecular weight is 718 g/mol. The third-order valence-electron chi connectivity index (χ3n) is 8.09. The Bertz CT molecular complexity index is 1660. The van der Waals surface area contributed by atoms with Crippen molar-refractivity contribution < 1.29 is 57.6 Å². The van der Waals surface area contributed by atoms with E-state index in [-0.39, 0.29) is 39.9 Å². The molecule has 1 N–H and O–H groups in total. The molecule has 3 rings (SSSR count). The van der Waals surface area contributed by atoms with Gasteiger partial charge in [-0.05, 0) is 66.5 Å². The number of benzene rings is 2. The number of rotatable bonds is 11. The number of thioether (sulfide) groups is 1. The lowest BCUT2D eigenvalue weighted by molar-refractivity contribution is -0.384. The van der Waals surface area contributed by atoms with Gasteiger partial charge in [-0.3, -0.25) is 43.8 Å². The number of nitrogens with zero attached hydrogens (tertiary/aromatic N) is 3. The van der Waals surface area contributed by atoms with Crippen LogP contribution < -0.4 is 0 Å². The van der Waals surface area contributed by atoms with E-state index < -0.39 is 71.8 Å². The second-order valence-corrected chi connectivity index (χ2v) is 18.2. The SMILES string of the molecule is CON(C(=O)C(=O)OCc1ccc([N+](=O)[O-])cc1)C(=O)c1ccc(C(=O)S[C@@H]2C(=O)N(C(=O)C(=O)O)[C@@H]2CCO[Si](C)(C)C(C)(C)C)cc1. The number of carboxylic acid groups (broad SMARTS) is 1. The molecule has 1 fully saturated rings. The third kappa shape index (κ3) is 9.02. The van der Waals surface area contributed by atoms with Crippen LogP contribution in [-0.2, 0) is 44.6 Å². The maximum atomic E-state index is 13.1. The van der Waals surface area contributed by atoms with Gasteiger partial charge in [0.2, 0.25) is 11.0 Å². The minimum absolute atomic E-state index is 0.0476.